The van der Waals surface area contributed by atoms with Gasteiger partial charge in [-0.2, -0.15) is 0 Å². The van der Waals surface area contributed by atoms with Crippen molar-refractivity contribution < 1.29 is 20.1 Å². The number of carbonyl (C=O) groups excluding carboxylic acids is 1. The van der Waals surface area contributed by atoms with Crippen molar-refractivity contribution in [3.05, 3.63) is 48.6 Å². The Morgan fingerprint density at radius 1 is 0.571 bits per heavy atom. The molecule has 0 aromatic carbocycles. The standard InChI is InChI=1S/C37H67NO4/c1-3-5-7-9-11-13-15-17-19-21-23-25-27-29-31-35(40)34(33-39)38-37(42)36(41)32-30-28-26-24-22-20-18-16-14-12-10-8-6-4-2/h13-16,21,23,29,31,34-36,39-41H,3-12,17-20,22,24-28,30,32-33H2,1-2H3,(H,38,42)/b15-13+,16-14-,23-21+,31-29+. The molecule has 1 amide bonds. The summed E-state index contributed by atoms with van der Waals surface area (Å²) in [6, 6.07) is -0.821. The Balaban J connectivity index is 3.88. The van der Waals surface area contributed by atoms with Crippen molar-refractivity contribution in [2.75, 3.05) is 6.61 Å². The van der Waals surface area contributed by atoms with Crippen LogP contribution in [0.2, 0.25) is 0 Å². The van der Waals surface area contributed by atoms with Gasteiger partial charge in [0.1, 0.15) is 6.10 Å². The van der Waals surface area contributed by atoms with Crippen molar-refractivity contribution in [2.45, 2.75) is 173 Å². The van der Waals surface area contributed by atoms with E-state index in [1.807, 2.05) is 6.08 Å². The average molecular weight is 590 g/mol. The maximum absolute atomic E-state index is 12.4. The highest BCUT2D eigenvalue weighted by Gasteiger charge is 2.22. The monoisotopic (exact) mass is 590 g/mol. The van der Waals surface area contributed by atoms with Gasteiger partial charge in [-0.3, -0.25) is 4.79 Å². The lowest BCUT2D eigenvalue weighted by atomic mass is 10.0. The zero-order valence-electron chi connectivity index (χ0n) is 27.4. The maximum Gasteiger partial charge on any atom is 0.249 e. The van der Waals surface area contributed by atoms with Crippen LogP contribution in [0.25, 0.3) is 0 Å². The molecule has 0 aliphatic carbocycles. The summed E-state index contributed by atoms with van der Waals surface area (Å²) < 4.78 is 0. The molecule has 5 nitrogen and oxygen atoms in total. The van der Waals surface area contributed by atoms with Crippen LogP contribution < -0.4 is 5.32 Å². The van der Waals surface area contributed by atoms with Crippen LogP contribution in [0.4, 0.5) is 0 Å². The van der Waals surface area contributed by atoms with Gasteiger partial charge in [0, 0.05) is 0 Å². The van der Waals surface area contributed by atoms with E-state index >= 15 is 0 Å². The molecule has 0 aromatic heterocycles. The largest absolute Gasteiger partial charge is 0.394 e. The minimum absolute atomic E-state index is 0.385. The third-order valence-electron chi connectivity index (χ3n) is 7.62. The summed E-state index contributed by atoms with van der Waals surface area (Å²) in [6.45, 7) is 4.09. The fourth-order valence-electron chi connectivity index (χ4n) is 4.80. The number of carbonyl (C=O) groups is 1. The number of allylic oxidation sites excluding steroid dienone is 7. The summed E-state index contributed by atoms with van der Waals surface area (Å²) in [7, 11) is 0. The molecule has 0 radical (unpaired) electrons. The minimum atomic E-state index is -1.11. The van der Waals surface area contributed by atoms with Crippen LogP contribution >= 0.6 is 0 Å². The number of hydrogen-bond donors (Lipinski definition) is 4. The molecular weight excluding hydrogens is 522 g/mol. The van der Waals surface area contributed by atoms with E-state index in [1.54, 1.807) is 6.08 Å². The molecule has 4 N–H and O–H groups in total. The molecule has 0 aromatic rings. The summed E-state index contributed by atoms with van der Waals surface area (Å²) in [5.41, 5.74) is 0. The van der Waals surface area contributed by atoms with Crippen LogP contribution in [0, 0.1) is 0 Å². The lowest BCUT2D eigenvalue weighted by Crippen LogP contribution is -2.48. The Hall–Kier alpha value is -1.69. The van der Waals surface area contributed by atoms with Gasteiger partial charge in [-0.25, -0.2) is 0 Å². The second-order valence-electron chi connectivity index (χ2n) is 11.7. The number of unbranched alkanes of at least 4 members (excludes halogenated alkanes) is 16. The highest BCUT2D eigenvalue weighted by molar-refractivity contribution is 5.80. The molecule has 0 spiro atoms. The first-order chi connectivity index (χ1) is 20.6. The lowest BCUT2D eigenvalue weighted by molar-refractivity contribution is -0.131. The van der Waals surface area contributed by atoms with Crippen molar-refractivity contribution >= 4 is 5.91 Å². The Morgan fingerprint density at radius 3 is 1.45 bits per heavy atom. The lowest BCUT2D eigenvalue weighted by Gasteiger charge is -2.21. The van der Waals surface area contributed by atoms with Gasteiger partial charge in [-0.05, 0) is 70.6 Å². The van der Waals surface area contributed by atoms with E-state index in [0.29, 0.717) is 6.42 Å². The first kappa shape index (κ1) is 40.3. The fraction of sp³-hybridized carbons (Fsp3) is 0.757. The van der Waals surface area contributed by atoms with E-state index < -0.39 is 24.2 Å². The molecule has 0 rings (SSSR count). The predicted molar refractivity (Wildman–Crippen MR) is 181 cm³/mol. The third-order valence-corrected chi connectivity index (χ3v) is 7.62. The summed E-state index contributed by atoms with van der Waals surface area (Å²) in [5.74, 6) is -0.527. The Kier molecular flexibility index (Phi) is 30.9. The second kappa shape index (κ2) is 32.2. The van der Waals surface area contributed by atoms with Gasteiger partial charge in [0.25, 0.3) is 0 Å². The van der Waals surface area contributed by atoms with Crippen LogP contribution in [0.1, 0.15) is 155 Å². The summed E-state index contributed by atoms with van der Waals surface area (Å²) in [4.78, 5) is 12.4. The van der Waals surface area contributed by atoms with E-state index in [-0.39, 0.29) is 6.61 Å². The number of aliphatic hydroxyl groups is 3. The zero-order valence-corrected chi connectivity index (χ0v) is 27.4. The number of nitrogens with one attached hydrogen (secondary N) is 1. The number of hydrogen-bond acceptors (Lipinski definition) is 4. The molecule has 0 saturated heterocycles. The zero-order chi connectivity index (χ0) is 30.9. The Labute approximate surface area is 259 Å². The minimum Gasteiger partial charge on any atom is -0.394 e. The average Bonchev–Trinajstić information content (AvgIpc) is 2.99. The molecule has 244 valence electrons. The highest BCUT2D eigenvalue weighted by Crippen LogP contribution is 2.12. The van der Waals surface area contributed by atoms with Gasteiger partial charge in [-0.1, -0.05) is 133 Å². The third kappa shape index (κ3) is 27.2. The van der Waals surface area contributed by atoms with Crippen LogP contribution in [0.5, 0.6) is 0 Å². The quantitative estimate of drug-likeness (QED) is 0.0497. The molecule has 0 bridgehead atoms. The smallest absolute Gasteiger partial charge is 0.249 e. The van der Waals surface area contributed by atoms with Gasteiger partial charge < -0.3 is 20.6 Å². The fourth-order valence-corrected chi connectivity index (χ4v) is 4.80. The SMILES string of the molecule is CCCCCC/C=C\CCCCCCCCC(O)C(=O)NC(CO)C(O)/C=C/CC/C=C/CC/C=C/CCCCCC. The van der Waals surface area contributed by atoms with Crippen molar-refractivity contribution in [3.63, 3.8) is 0 Å². The Bertz CT molecular complexity index is 700. The van der Waals surface area contributed by atoms with Gasteiger partial charge in [0.2, 0.25) is 5.91 Å². The normalized spacial score (nSPS) is 14.5. The molecule has 3 atom stereocenters. The number of aliphatic hydroxyl groups excluding tert-OH is 3. The maximum atomic E-state index is 12.4. The van der Waals surface area contributed by atoms with Gasteiger partial charge >= 0.3 is 0 Å². The van der Waals surface area contributed by atoms with Gasteiger partial charge in [0.05, 0.1) is 18.8 Å². The molecule has 0 fully saturated rings. The van der Waals surface area contributed by atoms with Crippen LogP contribution in [0.15, 0.2) is 48.6 Å². The van der Waals surface area contributed by atoms with Crippen molar-refractivity contribution in [2.24, 2.45) is 0 Å². The second-order valence-corrected chi connectivity index (χ2v) is 11.7. The van der Waals surface area contributed by atoms with E-state index in [4.69, 9.17) is 0 Å². The van der Waals surface area contributed by atoms with Gasteiger partial charge in [-0.15, -0.1) is 0 Å². The summed E-state index contributed by atoms with van der Waals surface area (Å²) >= 11 is 0. The van der Waals surface area contributed by atoms with E-state index in [0.717, 1.165) is 51.4 Å². The highest BCUT2D eigenvalue weighted by atomic mass is 16.3. The Morgan fingerprint density at radius 2 is 0.976 bits per heavy atom. The topological polar surface area (TPSA) is 89.8 Å². The molecule has 5 heteroatoms. The van der Waals surface area contributed by atoms with Crippen LogP contribution in [-0.2, 0) is 4.79 Å². The molecule has 42 heavy (non-hydrogen) atoms. The first-order valence-corrected chi connectivity index (χ1v) is 17.5. The molecule has 0 heterocycles. The van der Waals surface area contributed by atoms with E-state index in [1.165, 1.54) is 83.5 Å². The van der Waals surface area contributed by atoms with Crippen molar-refractivity contribution in [1.82, 2.24) is 5.32 Å². The van der Waals surface area contributed by atoms with E-state index in [9.17, 15) is 20.1 Å². The van der Waals surface area contributed by atoms with Crippen molar-refractivity contribution in [3.8, 4) is 0 Å². The molecule has 3 unspecified atom stereocenters. The summed E-state index contributed by atoms with van der Waals surface area (Å²) in [6.07, 6.45) is 39.7. The van der Waals surface area contributed by atoms with Crippen LogP contribution in [0.3, 0.4) is 0 Å². The van der Waals surface area contributed by atoms with Crippen LogP contribution in [-0.4, -0.2) is 46.1 Å². The molecule has 0 aliphatic heterocycles. The van der Waals surface area contributed by atoms with Gasteiger partial charge in [0.15, 0.2) is 0 Å². The molecular formula is C37H67NO4. The first-order valence-electron chi connectivity index (χ1n) is 17.5. The summed E-state index contributed by atoms with van der Waals surface area (Å²) in [5, 5.41) is 32.8. The number of amides is 1. The molecule has 0 saturated carbocycles. The molecule has 0 aliphatic rings. The predicted octanol–water partition coefficient (Wildman–Crippen LogP) is 9.03. The number of rotatable bonds is 30. The van der Waals surface area contributed by atoms with Crippen molar-refractivity contribution in [1.29, 1.82) is 0 Å². The van der Waals surface area contributed by atoms with E-state index in [2.05, 4.69) is 55.6 Å².